The van der Waals surface area contributed by atoms with Crippen LogP contribution < -0.4 is 14.4 Å². The number of anilines is 1. The molecule has 1 heterocycles. The molecule has 0 unspecified atom stereocenters. The van der Waals surface area contributed by atoms with Crippen molar-refractivity contribution < 1.29 is 14.3 Å². The smallest absolute Gasteiger partial charge is 0.241 e. The molecule has 1 aliphatic heterocycles. The van der Waals surface area contributed by atoms with Crippen molar-refractivity contribution in [1.82, 2.24) is 4.90 Å². The molecule has 0 radical (unpaired) electrons. The Balaban J connectivity index is 1.71. The molecule has 0 bridgehead atoms. The van der Waals surface area contributed by atoms with E-state index in [4.69, 9.17) is 9.47 Å². The fraction of sp³-hybridized carbons (Fsp3) is 0.409. The molecular formula is C22H28N2O3S. The fourth-order valence-corrected chi connectivity index (χ4v) is 4.50. The van der Waals surface area contributed by atoms with Crippen LogP contribution in [0.1, 0.15) is 18.9 Å². The van der Waals surface area contributed by atoms with Crippen LogP contribution in [0.15, 0.2) is 47.4 Å². The molecule has 0 saturated heterocycles. The molecule has 0 spiro atoms. The zero-order valence-electron chi connectivity index (χ0n) is 17.0. The lowest BCUT2D eigenvalue weighted by Crippen LogP contribution is -2.39. The van der Waals surface area contributed by atoms with Crippen LogP contribution in [0.3, 0.4) is 0 Å². The summed E-state index contributed by atoms with van der Waals surface area (Å²) in [5.41, 5.74) is 2.05. The first-order valence-corrected chi connectivity index (χ1v) is 10.3. The molecule has 2 aromatic rings. The van der Waals surface area contributed by atoms with Gasteiger partial charge in [-0.1, -0.05) is 25.1 Å². The van der Waals surface area contributed by atoms with E-state index in [0.717, 1.165) is 35.7 Å². The van der Waals surface area contributed by atoms with Gasteiger partial charge in [0.25, 0.3) is 0 Å². The number of carbonyl (C=O) groups excluding carboxylic acids is 1. The molecule has 6 heteroatoms. The lowest BCUT2D eigenvalue weighted by Gasteiger charge is -2.26. The Hall–Kier alpha value is -2.18. The van der Waals surface area contributed by atoms with Crippen LogP contribution >= 0.6 is 11.8 Å². The van der Waals surface area contributed by atoms with E-state index in [1.807, 2.05) is 65.0 Å². The molecular weight excluding hydrogens is 372 g/mol. The van der Waals surface area contributed by atoms with Gasteiger partial charge in [-0.25, -0.2) is 0 Å². The topological polar surface area (TPSA) is 42.0 Å². The van der Waals surface area contributed by atoms with Crippen molar-refractivity contribution in [3.05, 3.63) is 48.0 Å². The third kappa shape index (κ3) is 4.80. The molecule has 2 aromatic carbocycles. The summed E-state index contributed by atoms with van der Waals surface area (Å²) in [6, 6.07) is 14.0. The SMILES string of the molecule is COc1ccc(CN(C)CC(=O)N2CC[C@@H](C)Sc3ccccc32)c(OC)c1. The van der Waals surface area contributed by atoms with Crippen LogP contribution in [0.2, 0.25) is 0 Å². The van der Waals surface area contributed by atoms with Crippen molar-refractivity contribution in [3.8, 4) is 11.5 Å². The normalized spacial score (nSPS) is 16.5. The quantitative estimate of drug-likeness (QED) is 0.732. The molecule has 0 fully saturated rings. The molecule has 150 valence electrons. The Morgan fingerprint density at radius 3 is 2.75 bits per heavy atom. The predicted octanol–water partition coefficient (Wildman–Crippen LogP) is 4.05. The fourth-order valence-electron chi connectivity index (χ4n) is 3.39. The van der Waals surface area contributed by atoms with Gasteiger partial charge in [-0.05, 0) is 31.7 Å². The zero-order chi connectivity index (χ0) is 20.1. The van der Waals surface area contributed by atoms with E-state index in [-0.39, 0.29) is 5.91 Å². The van der Waals surface area contributed by atoms with Crippen molar-refractivity contribution in [1.29, 1.82) is 0 Å². The molecule has 3 rings (SSSR count). The average molecular weight is 401 g/mol. The van der Waals surface area contributed by atoms with E-state index in [1.165, 1.54) is 4.90 Å². The number of methoxy groups -OCH3 is 2. The largest absolute Gasteiger partial charge is 0.497 e. The van der Waals surface area contributed by atoms with Crippen LogP contribution in [0.4, 0.5) is 5.69 Å². The summed E-state index contributed by atoms with van der Waals surface area (Å²) in [6.45, 7) is 3.95. The highest BCUT2D eigenvalue weighted by Crippen LogP contribution is 2.37. The molecule has 1 atom stereocenters. The van der Waals surface area contributed by atoms with E-state index in [2.05, 4.69) is 13.0 Å². The first-order chi connectivity index (χ1) is 13.5. The Labute approximate surface area is 171 Å². The van der Waals surface area contributed by atoms with Gasteiger partial charge in [-0.3, -0.25) is 9.69 Å². The Kier molecular flexibility index (Phi) is 6.86. The highest BCUT2D eigenvalue weighted by Gasteiger charge is 2.24. The summed E-state index contributed by atoms with van der Waals surface area (Å²) in [6.07, 6.45) is 0.987. The monoisotopic (exact) mass is 400 g/mol. The summed E-state index contributed by atoms with van der Waals surface area (Å²) in [5.74, 6) is 1.65. The third-order valence-corrected chi connectivity index (χ3v) is 6.12. The van der Waals surface area contributed by atoms with Crippen molar-refractivity contribution in [3.63, 3.8) is 0 Å². The molecule has 1 amide bonds. The molecule has 5 nitrogen and oxygen atoms in total. The maximum absolute atomic E-state index is 13.1. The lowest BCUT2D eigenvalue weighted by atomic mass is 10.1. The summed E-state index contributed by atoms with van der Waals surface area (Å²) in [5, 5.41) is 0.500. The number of fused-ring (bicyclic) bond motifs is 1. The lowest BCUT2D eigenvalue weighted by molar-refractivity contribution is -0.119. The Morgan fingerprint density at radius 1 is 1.21 bits per heavy atom. The minimum atomic E-state index is 0.122. The van der Waals surface area contributed by atoms with Gasteiger partial charge >= 0.3 is 0 Å². The van der Waals surface area contributed by atoms with Gasteiger partial charge in [0.05, 0.1) is 26.5 Å². The number of carbonyl (C=O) groups is 1. The van der Waals surface area contributed by atoms with Gasteiger partial charge in [0.2, 0.25) is 5.91 Å². The second-order valence-corrected chi connectivity index (χ2v) is 8.56. The molecule has 0 aliphatic carbocycles. The summed E-state index contributed by atoms with van der Waals surface area (Å²) < 4.78 is 10.7. The van der Waals surface area contributed by atoms with Gasteiger partial charge in [-0.15, -0.1) is 11.8 Å². The Morgan fingerprint density at radius 2 is 2.00 bits per heavy atom. The van der Waals surface area contributed by atoms with E-state index < -0.39 is 0 Å². The van der Waals surface area contributed by atoms with E-state index in [1.54, 1.807) is 14.2 Å². The number of nitrogens with zero attached hydrogens (tertiary/aromatic N) is 2. The number of amides is 1. The number of para-hydroxylation sites is 1. The number of ether oxygens (including phenoxy) is 2. The first kappa shape index (κ1) is 20.6. The van der Waals surface area contributed by atoms with Crippen LogP contribution in [0.5, 0.6) is 11.5 Å². The molecule has 0 saturated carbocycles. The molecule has 0 N–H and O–H groups in total. The van der Waals surface area contributed by atoms with E-state index in [9.17, 15) is 4.79 Å². The molecule has 1 aliphatic rings. The Bertz CT molecular complexity index is 827. The molecule has 0 aromatic heterocycles. The van der Waals surface area contributed by atoms with Gasteiger partial charge in [0.15, 0.2) is 0 Å². The van der Waals surface area contributed by atoms with Crippen molar-refractivity contribution in [2.75, 3.05) is 39.3 Å². The highest BCUT2D eigenvalue weighted by atomic mass is 32.2. The van der Waals surface area contributed by atoms with Crippen LogP contribution in [-0.4, -0.2) is 50.4 Å². The van der Waals surface area contributed by atoms with Gasteiger partial charge in [0.1, 0.15) is 11.5 Å². The maximum Gasteiger partial charge on any atom is 0.241 e. The zero-order valence-corrected chi connectivity index (χ0v) is 17.8. The number of benzene rings is 2. The second-order valence-electron chi connectivity index (χ2n) is 7.08. The number of thioether (sulfide) groups is 1. The highest BCUT2D eigenvalue weighted by molar-refractivity contribution is 8.00. The van der Waals surface area contributed by atoms with Crippen LogP contribution in [0.25, 0.3) is 0 Å². The third-order valence-electron chi connectivity index (χ3n) is 4.88. The average Bonchev–Trinajstić information content (AvgIpc) is 2.86. The van der Waals surface area contributed by atoms with Crippen LogP contribution in [0, 0.1) is 0 Å². The van der Waals surface area contributed by atoms with E-state index in [0.29, 0.717) is 18.3 Å². The number of rotatable bonds is 6. The van der Waals surface area contributed by atoms with Gasteiger partial charge in [0, 0.05) is 34.9 Å². The summed E-state index contributed by atoms with van der Waals surface area (Å²) in [4.78, 5) is 18.2. The maximum atomic E-state index is 13.1. The van der Waals surface area contributed by atoms with Crippen LogP contribution in [-0.2, 0) is 11.3 Å². The molecule has 28 heavy (non-hydrogen) atoms. The van der Waals surface area contributed by atoms with Gasteiger partial charge < -0.3 is 14.4 Å². The number of hydrogen-bond acceptors (Lipinski definition) is 5. The minimum Gasteiger partial charge on any atom is -0.497 e. The second kappa shape index (κ2) is 9.34. The first-order valence-electron chi connectivity index (χ1n) is 9.47. The minimum absolute atomic E-state index is 0.122. The standard InChI is InChI=1S/C22H28N2O3S/c1-16-11-12-24(19-7-5-6-8-21(19)28-16)22(25)15-23(2)14-17-9-10-18(26-3)13-20(17)27-4/h5-10,13,16H,11-12,14-15H2,1-4H3/t16-/m1/s1. The van der Waals surface area contributed by atoms with Gasteiger partial charge in [-0.2, -0.15) is 0 Å². The summed E-state index contributed by atoms with van der Waals surface area (Å²) in [7, 11) is 5.25. The van der Waals surface area contributed by atoms with Crippen molar-refractivity contribution in [2.24, 2.45) is 0 Å². The van der Waals surface area contributed by atoms with E-state index >= 15 is 0 Å². The number of likely N-dealkylation sites (N-methyl/N-ethyl adjacent to an activating group) is 1. The van der Waals surface area contributed by atoms with Crippen molar-refractivity contribution >= 4 is 23.4 Å². The predicted molar refractivity (Wildman–Crippen MR) is 115 cm³/mol. The van der Waals surface area contributed by atoms with Crippen molar-refractivity contribution in [2.45, 2.75) is 30.0 Å². The summed E-state index contributed by atoms with van der Waals surface area (Å²) >= 11 is 1.85. The number of hydrogen-bond donors (Lipinski definition) is 0.